The van der Waals surface area contributed by atoms with Crippen molar-refractivity contribution in [3.05, 3.63) is 16.6 Å². The molecular weight excluding hydrogens is 368 g/mol. The first-order valence-corrected chi connectivity index (χ1v) is 8.15. The van der Waals surface area contributed by atoms with Crippen molar-refractivity contribution >= 4 is 27.9 Å². The lowest BCUT2D eigenvalue weighted by atomic mass is 10.1. The Morgan fingerprint density at radius 2 is 2.26 bits per heavy atom. The molecule has 23 heavy (non-hydrogen) atoms. The zero-order valence-corrected chi connectivity index (χ0v) is 14.9. The SMILES string of the molecule is COC(=O)NC(C(=O)N1CCC[C@H]1c1ncc(Br)[nH]1)[C@@H](C)OC. The van der Waals surface area contributed by atoms with E-state index in [-0.39, 0.29) is 11.9 Å². The number of nitrogens with one attached hydrogen (secondary N) is 2. The van der Waals surface area contributed by atoms with Gasteiger partial charge in [-0.25, -0.2) is 9.78 Å². The second-order valence-corrected chi connectivity index (χ2v) is 6.21. The maximum absolute atomic E-state index is 12.9. The van der Waals surface area contributed by atoms with E-state index in [0.717, 1.165) is 23.3 Å². The van der Waals surface area contributed by atoms with Crippen molar-refractivity contribution in [2.24, 2.45) is 0 Å². The molecule has 2 heterocycles. The fourth-order valence-electron chi connectivity index (χ4n) is 2.68. The topological polar surface area (TPSA) is 96.5 Å². The monoisotopic (exact) mass is 388 g/mol. The number of aromatic nitrogens is 2. The van der Waals surface area contributed by atoms with Crippen molar-refractivity contribution in [2.45, 2.75) is 38.0 Å². The van der Waals surface area contributed by atoms with E-state index in [1.165, 1.54) is 14.2 Å². The number of alkyl carbamates (subject to hydrolysis) is 1. The van der Waals surface area contributed by atoms with Gasteiger partial charge in [0.2, 0.25) is 5.91 Å². The number of methoxy groups -OCH3 is 2. The number of hydrogen-bond donors (Lipinski definition) is 2. The number of rotatable bonds is 5. The van der Waals surface area contributed by atoms with Gasteiger partial charge in [0.1, 0.15) is 16.5 Å². The molecule has 1 aliphatic heterocycles. The van der Waals surface area contributed by atoms with E-state index in [2.05, 4.69) is 36.0 Å². The van der Waals surface area contributed by atoms with Gasteiger partial charge in [0.15, 0.2) is 0 Å². The molecule has 3 atom stereocenters. The van der Waals surface area contributed by atoms with Crippen LogP contribution in [-0.2, 0) is 14.3 Å². The molecule has 1 aromatic heterocycles. The standard InChI is InChI=1S/C14H21BrN4O4/c1-8(22-2)11(18-14(21)23-3)13(20)19-6-4-5-9(19)12-16-7-10(15)17-12/h7-9,11H,4-6H2,1-3H3,(H,16,17)(H,18,21)/t8-,9+,11?/m1/s1. The van der Waals surface area contributed by atoms with Gasteiger partial charge in [0, 0.05) is 13.7 Å². The Bertz CT molecular complexity index is 565. The number of imidazole rings is 1. The summed E-state index contributed by atoms with van der Waals surface area (Å²) in [5.41, 5.74) is 0. The molecule has 0 aromatic carbocycles. The van der Waals surface area contributed by atoms with Crippen LogP contribution in [0, 0.1) is 0 Å². The molecule has 1 saturated heterocycles. The molecule has 1 aromatic rings. The molecule has 9 heteroatoms. The Labute approximate surface area is 143 Å². The molecule has 128 valence electrons. The summed E-state index contributed by atoms with van der Waals surface area (Å²) in [6.07, 6.45) is 2.21. The molecule has 1 unspecified atom stereocenters. The smallest absolute Gasteiger partial charge is 0.407 e. The lowest BCUT2D eigenvalue weighted by Crippen LogP contribution is -2.54. The van der Waals surface area contributed by atoms with Gasteiger partial charge < -0.3 is 24.7 Å². The van der Waals surface area contributed by atoms with Gasteiger partial charge in [0.25, 0.3) is 0 Å². The van der Waals surface area contributed by atoms with Crippen molar-refractivity contribution < 1.29 is 19.1 Å². The number of hydrogen-bond acceptors (Lipinski definition) is 5. The molecule has 0 radical (unpaired) electrons. The number of amides is 2. The van der Waals surface area contributed by atoms with Crippen LogP contribution < -0.4 is 5.32 Å². The minimum atomic E-state index is -0.813. The predicted octanol–water partition coefficient (Wildman–Crippen LogP) is 1.60. The fraction of sp³-hybridized carbons (Fsp3) is 0.643. The average molecular weight is 389 g/mol. The van der Waals surface area contributed by atoms with Crippen LogP contribution in [0.25, 0.3) is 0 Å². The molecule has 2 N–H and O–H groups in total. The summed E-state index contributed by atoms with van der Waals surface area (Å²) < 4.78 is 10.6. The van der Waals surface area contributed by atoms with Gasteiger partial charge in [-0.05, 0) is 35.7 Å². The first-order valence-electron chi connectivity index (χ1n) is 7.36. The second kappa shape index (κ2) is 7.78. The summed E-state index contributed by atoms with van der Waals surface area (Å²) in [6.45, 7) is 2.34. The Kier molecular flexibility index (Phi) is 6.00. The highest BCUT2D eigenvalue weighted by Crippen LogP contribution is 2.31. The maximum atomic E-state index is 12.9. The highest BCUT2D eigenvalue weighted by atomic mass is 79.9. The molecule has 0 bridgehead atoms. The first kappa shape index (κ1) is 17.7. The number of carbonyl (C=O) groups is 2. The minimum Gasteiger partial charge on any atom is -0.453 e. The second-order valence-electron chi connectivity index (χ2n) is 5.36. The summed E-state index contributed by atoms with van der Waals surface area (Å²) in [5, 5.41) is 2.55. The van der Waals surface area contributed by atoms with Crippen molar-refractivity contribution in [1.82, 2.24) is 20.2 Å². The van der Waals surface area contributed by atoms with E-state index in [1.807, 2.05) is 0 Å². The molecule has 0 aliphatic carbocycles. The molecule has 8 nitrogen and oxygen atoms in total. The van der Waals surface area contributed by atoms with E-state index in [1.54, 1.807) is 18.0 Å². The van der Waals surface area contributed by atoms with Gasteiger partial charge in [-0.1, -0.05) is 0 Å². The lowest BCUT2D eigenvalue weighted by Gasteiger charge is -2.30. The number of carbonyl (C=O) groups excluding carboxylic acids is 2. The molecule has 1 aliphatic rings. The first-order chi connectivity index (χ1) is 11.0. The van der Waals surface area contributed by atoms with Crippen molar-refractivity contribution in [3.8, 4) is 0 Å². The maximum Gasteiger partial charge on any atom is 0.407 e. The van der Waals surface area contributed by atoms with Gasteiger partial charge in [-0.2, -0.15) is 0 Å². The zero-order valence-electron chi connectivity index (χ0n) is 13.3. The summed E-state index contributed by atoms with van der Waals surface area (Å²) in [5.74, 6) is 0.518. The lowest BCUT2D eigenvalue weighted by molar-refractivity contribution is -0.137. The summed E-state index contributed by atoms with van der Waals surface area (Å²) >= 11 is 3.33. The number of aromatic amines is 1. The van der Waals surface area contributed by atoms with Crippen LogP contribution in [0.5, 0.6) is 0 Å². The van der Waals surface area contributed by atoms with Gasteiger partial charge in [-0.15, -0.1) is 0 Å². The normalized spacial score (nSPS) is 20.2. The number of nitrogens with zero attached hydrogens (tertiary/aromatic N) is 2. The van der Waals surface area contributed by atoms with Crippen molar-refractivity contribution in [3.63, 3.8) is 0 Å². The molecule has 2 rings (SSSR count). The van der Waals surface area contributed by atoms with Crippen LogP contribution in [0.1, 0.15) is 31.6 Å². The van der Waals surface area contributed by atoms with Crippen LogP contribution in [0.2, 0.25) is 0 Å². The van der Waals surface area contributed by atoms with Crippen LogP contribution in [0.15, 0.2) is 10.8 Å². The zero-order chi connectivity index (χ0) is 17.0. The van der Waals surface area contributed by atoms with E-state index >= 15 is 0 Å². The molecule has 2 amide bonds. The Morgan fingerprint density at radius 1 is 1.52 bits per heavy atom. The highest BCUT2D eigenvalue weighted by molar-refractivity contribution is 9.10. The number of likely N-dealkylation sites (tertiary alicyclic amines) is 1. The van der Waals surface area contributed by atoms with Gasteiger partial charge in [0.05, 0.1) is 25.5 Å². The third-order valence-corrected chi connectivity index (χ3v) is 4.38. The summed E-state index contributed by atoms with van der Waals surface area (Å²) in [4.78, 5) is 33.6. The Balaban J connectivity index is 2.18. The molecule has 1 fully saturated rings. The third kappa shape index (κ3) is 4.03. The quantitative estimate of drug-likeness (QED) is 0.798. The average Bonchev–Trinajstić information content (AvgIpc) is 3.19. The van der Waals surface area contributed by atoms with Crippen LogP contribution in [0.3, 0.4) is 0 Å². The van der Waals surface area contributed by atoms with Crippen LogP contribution in [-0.4, -0.2) is 59.8 Å². The Hall–Kier alpha value is -1.61. The fourth-order valence-corrected chi connectivity index (χ4v) is 2.98. The predicted molar refractivity (Wildman–Crippen MR) is 85.8 cm³/mol. The molecule has 0 saturated carbocycles. The third-order valence-electron chi connectivity index (χ3n) is 3.98. The number of halogens is 1. The van der Waals surface area contributed by atoms with Crippen LogP contribution in [0.4, 0.5) is 4.79 Å². The number of H-pyrrole nitrogens is 1. The molecular formula is C14H21BrN4O4. The highest BCUT2D eigenvalue weighted by Gasteiger charge is 2.38. The summed E-state index contributed by atoms with van der Waals surface area (Å²) in [6, 6.07) is -0.953. The molecule has 0 spiro atoms. The van der Waals surface area contributed by atoms with Gasteiger partial charge >= 0.3 is 6.09 Å². The van der Waals surface area contributed by atoms with E-state index < -0.39 is 18.2 Å². The van der Waals surface area contributed by atoms with Gasteiger partial charge in [-0.3, -0.25) is 4.79 Å². The largest absolute Gasteiger partial charge is 0.453 e. The van der Waals surface area contributed by atoms with E-state index in [4.69, 9.17) is 4.74 Å². The van der Waals surface area contributed by atoms with Crippen LogP contribution >= 0.6 is 15.9 Å². The van der Waals surface area contributed by atoms with Crippen molar-refractivity contribution in [2.75, 3.05) is 20.8 Å². The van der Waals surface area contributed by atoms with E-state index in [9.17, 15) is 9.59 Å². The minimum absolute atomic E-state index is 0.139. The number of ether oxygens (including phenoxy) is 2. The van der Waals surface area contributed by atoms with E-state index in [0.29, 0.717) is 6.54 Å². The Morgan fingerprint density at radius 3 is 2.83 bits per heavy atom. The van der Waals surface area contributed by atoms with Crippen molar-refractivity contribution in [1.29, 1.82) is 0 Å². The summed E-state index contributed by atoms with van der Waals surface area (Å²) in [7, 11) is 2.75.